The minimum Gasteiger partial charge on any atom is -0.371 e. The Balaban J connectivity index is 1.95. The monoisotopic (exact) mass is 332 g/mol. The number of hydrogen-bond acceptors (Lipinski definition) is 1. The number of hydrogen-bond donors (Lipinski definition) is 0. The highest BCUT2D eigenvalue weighted by molar-refractivity contribution is 9.10. The van der Waals surface area contributed by atoms with Crippen molar-refractivity contribution in [1.29, 1.82) is 0 Å². The maximum Gasteiger partial charge on any atom is 0.0712 e. The second kappa shape index (κ2) is 4.89. The van der Waals surface area contributed by atoms with E-state index in [1.165, 1.54) is 38.5 Å². The molecule has 0 N–H and O–H groups in total. The van der Waals surface area contributed by atoms with E-state index in [1.54, 1.807) is 0 Å². The predicted molar refractivity (Wildman–Crippen MR) is 85.2 cm³/mol. The lowest BCUT2D eigenvalue weighted by Gasteiger charge is -2.55. The van der Waals surface area contributed by atoms with Gasteiger partial charge in [-0.05, 0) is 17.9 Å². The van der Waals surface area contributed by atoms with Crippen LogP contribution >= 0.6 is 15.9 Å². The zero-order valence-electron chi connectivity index (χ0n) is 12.7. The molecule has 1 saturated carbocycles. The van der Waals surface area contributed by atoms with Crippen molar-refractivity contribution in [3.8, 4) is 0 Å². The van der Waals surface area contributed by atoms with Gasteiger partial charge in [0, 0.05) is 10.9 Å². The first kappa shape index (κ1) is 15.1. The first-order chi connectivity index (χ1) is 8.18. The molecule has 1 spiro atoms. The molecule has 2 atom stereocenters. The van der Waals surface area contributed by atoms with Crippen molar-refractivity contribution in [2.75, 3.05) is 0 Å². The van der Waals surface area contributed by atoms with Crippen LogP contribution in [0.1, 0.15) is 59.3 Å². The molecular formula is C15H29BrOSi. The van der Waals surface area contributed by atoms with Crippen LogP contribution in [-0.4, -0.2) is 24.2 Å². The Kier molecular flexibility index (Phi) is 4.09. The fraction of sp³-hybridized carbons (Fsp3) is 1.00. The SMILES string of the molecule is CC(C)(C)[Si](C)(C)[C@@H](Br)[C@@H]1CC2(CCCCC2)O1. The van der Waals surface area contributed by atoms with E-state index < -0.39 is 8.07 Å². The van der Waals surface area contributed by atoms with Crippen molar-refractivity contribution in [2.24, 2.45) is 0 Å². The van der Waals surface area contributed by atoms with Gasteiger partial charge in [0.2, 0.25) is 0 Å². The summed E-state index contributed by atoms with van der Waals surface area (Å²) in [5.74, 6) is 0. The van der Waals surface area contributed by atoms with Gasteiger partial charge in [0.1, 0.15) is 0 Å². The van der Waals surface area contributed by atoms with Gasteiger partial charge in [0.05, 0.1) is 19.8 Å². The molecule has 2 rings (SSSR count). The minimum absolute atomic E-state index is 0.289. The van der Waals surface area contributed by atoms with E-state index >= 15 is 0 Å². The lowest BCUT2D eigenvalue weighted by Crippen LogP contribution is -2.62. The molecule has 1 aliphatic carbocycles. The smallest absolute Gasteiger partial charge is 0.0712 e. The topological polar surface area (TPSA) is 9.23 Å². The minimum atomic E-state index is -1.33. The van der Waals surface area contributed by atoms with E-state index in [9.17, 15) is 0 Å². The highest BCUT2D eigenvalue weighted by Crippen LogP contribution is 2.51. The standard InChI is InChI=1S/C15H29BrOSi/c1-14(2,3)18(4,5)13(16)12-11-15(17-12)9-7-6-8-10-15/h12-13H,6-11H2,1-5H3/t12-,13+/m0/s1. The van der Waals surface area contributed by atoms with Crippen molar-refractivity contribution in [2.45, 2.75) is 93.6 Å². The molecule has 3 heteroatoms. The van der Waals surface area contributed by atoms with Crippen LogP contribution in [0.25, 0.3) is 0 Å². The quantitative estimate of drug-likeness (QED) is 0.493. The summed E-state index contributed by atoms with van der Waals surface area (Å²) in [4.78, 5) is 0. The lowest BCUT2D eigenvalue weighted by molar-refractivity contribution is -0.214. The van der Waals surface area contributed by atoms with Crippen LogP contribution in [-0.2, 0) is 4.74 Å². The number of rotatable bonds is 2. The first-order valence-corrected chi connectivity index (χ1v) is 11.5. The summed E-state index contributed by atoms with van der Waals surface area (Å²) in [6.45, 7) is 12.2. The summed E-state index contributed by atoms with van der Waals surface area (Å²) in [6, 6.07) is 0. The molecule has 106 valence electrons. The van der Waals surface area contributed by atoms with Gasteiger partial charge in [0.15, 0.2) is 0 Å². The fourth-order valence-electron chi connectivity index (χ4n) is 3.24. The molecule has 1 saturated heterocycles. The van der Waals surface area contributed by atoms with Crippen LogP contribution in [0.3, 0.4) is 0 Å². The Bertz CT molecular complexity index is 294. The maximum atomic E-state index is 6.40. The van der Waals surface area contributed by atoms with E-state index in [0.717, 1.165) is 0 Å². The van der Waals surface area contributed by atoms with Gasteiger partial charge < -0.3 is 4.74 Å². The van der Waals surface area contributed by atoms with Crippen LogP contribution in [0.15, 0.2) is 0 Å². The van der Waals surface area contributed by atoms with Crippen molar-refractivity contribution in [1.82, 2.24) is 0 Å². The van der Waals surface area contributed by atoms with Gasteiger partial charge in [-0.3, -0.25) is 0 Å². The fourth-order valence-corrected chi connectivity index (χ4v) is 7.54. The number of alkyl halides is 1. The third kappa shape index (κ3) is 2.60. The molecule has 0 aromatic carbocycles. The third-order valence-electron chi connectivity index (χ3n) is 5.69. The van der Waals surface area contributed by atoms with Crippen LogP contribution < -0.4 is 0 Å². The maximum absolute atomic E-state index is 6.40. The molecule has 0 unspecified atom stereocenters. The van der Waals surface area contributed by atoms with Crippen LogP contribution in [0.2, 0.25) is 18.1 Å². The largest absolute Gasteiger partial charge is 0.371 e. The molecule has 0 aromatic heterocycles. The van der Waals surface area contributed by atoms with Gasteiger partial charge in [-0.2, -0.15) is 0 Å². The Morgan fingerprint density at radius 2 is 1.67 bits per heavy atom. The zero-order chi connectivity index (χ0) is 13.6. The van der Waals surface area contributed by atoms with E-state index in [1.807, 2.05) is 0 Å². The molecule has 1 nitrogen and oxygen atoms in total. The summed E-state index contributed by atoms with van der Waals surface area (Å²) in [5, 5.41) is 0.430. The summed E-state index contributed by atoms with van der Waals surface area (Å²) in [5.41, 5.74) is 0.289. The van der Waals surface area contributed by atoms with Gasteiger partial charge in [-0.25, -0.2) is 0 Å². The van der Waals surface area contributed by atoms with Crippen LogP contribution in [0.4, 0.5) is 0 Å². The van der Waals surface area contributed by atoms with Crippen LogP contribution in [0.5, 0.6) is 0 Å². The van der Waals surface area contributed by atoms with Crippen LogP contribution in [0, 0.1) is 0 Å². The summed E-state index contributed by atoms with van der Waals surface area (Å²) in [7, 11) is -1.33. The molecule has 1 aliphatic heterocycles. The average molecular weight is 333 g/mol. The number of halogens is 1. The molecule has 0 bridgehead atoms. The Hall–Kier alpha value is 0.657. The summed E-state index contributed by atoms with van der Waals surface area (Å²) >= 11 is 4.00. The second-order valence-corrected chi connectivity index (χ2v) is 15.4. The van der Waals surface area contributed by atoms with E-state index in [-0.39, 0.29) is 5.60 Å². The van der Waals surface area contributed by atoms with E-state index in [4.69, 9.17) is 4.74 Å². The zero-order valence-corrected chi connectivity index (χ0v) is 15.3. The Labute approximate surface area is 122 Å². The Morgan fingerprint density at radius 1 is 1.17 bits per heavy atom. The van der Waals surface area contributed by atoms with Crippen molar-refractivity contribution in [3.63, 3.8) is 0 Å². The van der Waals surface area contributed by atoms with Crippen molar-refractivity contribution >= 4 is 24.0 Å². The Morgan fingerprint density at radius 3 is 2.11 bits per heavy atom. The molecular weight excluding hydrogens is 304 g/mol. The molecule has 0 radical (unpaired) electrons. The molecule has 0 amide bonds. The van der Waals surface area contributed by atoms with Gasteiger partial charge in [-0.1, -0.05) is 69.1 Å². The third-order valence-corrected chi connectivity index (χ3v) is 15.3. The molecule has 18 heavy (non-hydrogen) atoms. The van der Waals surface area contributed by atoms with Gasteiger partial charge in [0.25, 0.3) is 0 Å². The highest BCUT2D eigenvalue weighted by Gasteiger charge is 2.53. The number of ether oxygens (including phenoxy) is 1. The molecule has 1 heterocycles. The van der Waals surface area contributed by atoms with Gasteiger partial charge >= 0.3 is 0 Å². The molecule has 2 aliphatic rings. The van der Waals surface area contributed by atoms with E-state index in [0.29, 0.717) is 15.6 Å². The molecule has 2 fully saturated rings. The summed E-state index contributed by atoms with van der Waals surface area (Å²) < 4.78 is 6.99. The normalized spacial score (nSPS) is 30.0. The lowest BCUT2D eigenvalue weighted by atomic mass is 9.77. The first-order valence-electron chi connectivity index (χ1n) is 7.50. The van der Waals surface area contributed by atoms with Crippen molar-refractivity contribution < 1.29 is 4.74 Å². The summed E-state index contributed by atoms with van der Waals surface area (Å²) in [6.07, 6.45) is 8.55. The average Bonchev–Trinajstić information content (AvgIpc) is 2.24. The van der Waals surface area contributed by atoms with Crippen molar-refractivity contribution in [3.05, 3.63) is 0 Å². The van der Waals surface area contributed by atoms with Gasteiger partial charge in [-0.15, -0.1) is 0 Å². The molecule has 0 aromatic rings. The highest BCUT2D eigenvalue weighted by atomic mass is 79.9. The predicted octanol–water partition coefficient (Wildman–Crippen LogP) is 5.29. The van der Waals surface area contributed by atoms with E-state index in [2.05, 4.69) is 49.8 Å². The second-order valence-electron chi connectivity index (χ2n) is 7.98.